The number of benzene rings is 2. The van der Waals surface area contributed by atoms with Gasteiger partial charge < -0.3 is 4.98 Å². The molecule has 0 saturated carbocycles. The molecule has 0 spiro atoms. The zero-order valence-electron chi connectivity index (χ0n) is 16.0. The number of hydrogen-bond donors (Lipinski definition) is 2. The molecule has 0 saturated heterocycles. The first-order chi connectivity index (χ1) is 15.2. The fourth-order valence-electron chi connectivity index (χ4n) is 3.14. The first-order valence-electron chi connectivity index (χ1n) is 9.04. The molecule has 6 nitrogen and oxygen atoms in total. The molecular formula is C21H13ClF3N3O3S. The highest BCUT2D eigenvalue weighted by Crippen LogP contribution is 2.29. The van der Waals surface area contributed by atoms with Crippen LogP contribution in [-0.2, 0) is 16.7 Å². The van der Waals surface area contributed by atoms with Crippen LogP contribution < -0.4 is 4.72 Å². The van der Waals surface area contributed by atoms with E-state index in [2.05, 4.69) is 9.97 Å². The normalized spacial score (nSPS) is 11.6. The van der Waals surface area contributed by atoms with Crippen molar-refractivity contribution in [3.63, 3.8) is 0 Å². The van der Waals surface area contributed by atoms with Gasteiger partial charge in [0.05, 0.1) is 21.2 Å². The van der Waals surface area contributed by atoms with Crippen LogP contribution in [0.2, 0.25) is 5.02 Å². The first kappa shape index (κ1) is 21.8. The van der Waals surface area contributed by atoms with Crippen molar-refractivity contribution in [2.45, 2.75) is 11.6 Å². The molecule has 0 fully saturated rings. The lowest BCUT2D eigenvalue weighted by atomic mass is 10.0. The van der Waals surface area contributed by atoms with Crippen LogP contribution in [0.5, 0.6) is 0 Å². The number of ketones is 1. The van der Waals surface area contributed by atoms with Gasteiger partial charge >= 0.3 is 0 Å². The van der Waals surface area contributed by atoms with Crippen molar-refractivity contribution in [1.29, 1.82) is 0 Å². The van der Waals surface area contributed by atoms with Gasteiger partial charge in [-0.05, 0) is 35.9 Å². The predicted molar refractivity (Wildman–Crippen MR) is 113 cm³/mol. The Hall–Kier alpha value is -3.37. The van der Waals surface area contributed by atoms with Gasteiger partial charge in [-0.3, -0.25) is 9.52 Å². The Labute approximate surface area is 185 Å². The van der Waals surface area contributed by atoms with Crippen molar-refractivity contribution < 1.29 is 26.4 Å². The number of sulfonamides is 1. The fraction of sp³-hybridized carbons (Fsp3) is 0.0476. The lowest BCUT2D eigenvalue weighted by Crippen LogP contribution is -2.16. The summed E-state index contributed by atoms with van der Waals surface area (Å²) in [5.74, 6) is -3.61. The minimum absolute atomic E-state index is 0.0940. The van der Waals surface area contributed by atoms with Crippen LogP contribution in [0.4, 0.5) is 18.9 Å². The van der Waals surface area contributed by atoms with Crippen LogP contribution in [0, 0.1) is 11.6 Å². The molecule has 0 aliphatic carbocycles. The second-order valence-electron chi connectivity index (χ2n) is 6.75. The number of aromatic nitrogens is 2. The SMILES string of the molecule is O=C(c1c(F)ccc(NS(=O)(=O)c2cccc(CF)c2)c1F)c1c[nH]c2ncc(Cl)cc12. The molecule has 2 aromatic heterocycles. The Kier molecular flexibility index (Phi) is 5.66. The molecule has 32 heavy (non-hydrogen) atoms. The number of carbonyl (C=O) groups excluding carboxylic acids is 1. The van der Waals surface area contributed by atoms with Gasteiger partial charge in [-0.15, -0.1) is 0 Å². The highest BCUT2D eigenvalue weighted by molar-refractivity contribution is 7.92. The summed E-state index contributed by atoms with van der Waals surface area (Å²) in [5.41, 5.74) is -1.30. The third-order valence-corrected chi connectivity index (χ3v) is 6.24. The molecule has 0 aliphatic heterocycles. The van der Waals surface area contributed by atoms with E-state index in [-0.39, 0.29) is 32.1 Å². The third-order valence-electron chi connectivity index (χ3n) is 4.67. The molecule has 4 rings (SSSR count). The van der Waals surface area contributed by atoms with Gasteiger partial charge in [0.1, 0.15) is 18.1 Å². The van der Waals surface area contributed by atoms with Gasteiger partial charge in [-0.1, -0.05) is 23.7 Å². The van der Waals surface area contributed by atoms with Crippen LogP contribution in [0.1, 0.15) is 21.5 Å². The topological polar surface area (TPSA) is 91.9 Å². The van der Waals surface area contributed by atoms with Gasteiger partial charge in [-0.25, -0.2) is 26.6 Å². The Bertz CT molecular complexity index is 1470. The molecular weight excluding hydrogens is 467 g/mol. The molecule has 4 aromatic rings. The maximum Gasteiger partial charge on any atom is 0.261 e. The number of pyridine rings is 1. The van der Waals surface area contributed by atoms with Crippen molar-refractivity contribution in [2.75, 3.05) is 4.72 Å². The maximum absolute atomic E-state index is 15.1. The molecule has 0 amide bonds. The number of H-pyrrole nitrogens is 1. The summed E-state index contributed by atoms with van der Waals surface area (Å²) in [6, 6.07) is 8.02. The van der Waals surface area contributed by atoms with Crippen LogP contribution in [0.3, 0.4) is 0 Å². The Morgan fingerprint density at radius 3 is 2.69 bits per heavy atom. The van der Waals surface area contributed by atoms with E-state index in [1.165, 1.54) is 36.7 Å². The minimum Gasteiger partial charge on any atom is -0.345 e. The number of anilines is 1. The van der Waals surface area contributed by atoms with Crippen LogP contribution in [0.25, 0.3) is 11.0 Å². The first-order valence-corrected chi connectivity index (χ1v) is 10.9. The van der Waals surface area contributed by atoms with Crippen molar-refractivity contribution in [1.82, 2.24) is 9.97 Å². The summed E-state index contributed by atoms with van der Waals surface area (Å²) < 4.78 is 69.7. The third kappa shape index (κ3) is 3.94. The second-order valence-corrected chi connectivity index (χ2v) is 8.87. The summed E-state index contributed by atoms with van der Waals surface area (Å²) in [7, 11) is -4.34. The summed E-state index contributed by atoms with van der Waals surface area (Å²) in [6.07, 6.45) is 2.57. The molecule has 0 radical (unpaired) electrons. The molecule has 0 unspecified atom stereocenters. The molecule has 0 bridgehead atoms. The largest absolute Gasteiger partial charge is 0.345 e. The maximum atomic E-state index is 15.1. The quantitative estimate of drug-likeness (QED) is 0.381. The van der Waals surface area contributed by atoms with Gasteiger partial charge in [-0.2, -0.15) is 0 Å². The Balaban J connectivity index is 1.76. The van der Waals surface area contributed by atoms with Gasteiger partial charge in [0.2, 0.25) is 5.78 Å². The highest BCUT2D eigenvalue weighted by atomic mass is 35.5. The van der Waals surface area contributed by atoms with E-state index >= 15 is 4.39 Å². The molecule has 2 heterocycles. The summed E-state index contributed by atoms with van der Waals surface area (Å²) in [4.78, 5) is 19.3. The van der Waals surface area contributed by atoms with E-state index in [4.69, 9.17) is 11.6 Å². The number of alkyl halides is 1. The zero-order valence-corrected chi connectivity index (χ0v) is 17.6. The van der Waals surface area contributed by atoms with Crippen molar-refractivity contribution in [3.05, 3.63) is 88.2 Å². The van der Waals surface area contributed by atoms with Gasteiger partial charge in [0.25, 0.3) is 10.0 Å². The van der Waals surface area contributed by atoms with Crippen LogP contribution in [0.15, 0.2) is 59.8 Å². The van der Waals surface area contributed by atoms with Crippen molar-refractivity contribution >= 4 is 44.1 Å². The number of rotatable bonds is 6. The van der Waals surface area contributed by atoms with Gasteiger partial charge in [0.15, 0.2) is 5.82 Å². The summed E-state index contributed by atoms with van der Waals surface area (Å²) in [6.45, 7) is -0.892. The van der Waals surface area contributed by atoms with Crippen molar-refractivity contribution in [2.24, 2.45) is 0 Å². The summed E-state index contributed by atoms with van der Waals surface area (Å²) >= 11 is 5.90. The van der Waals surface area contributed by atoms with E-state index in [0.29, 0.717) is 0 Å². The number of nitrogens with one attached hydrogen (secondary N) is 2. The Morgan fingerprint density at radius 1 is 1.16 bits per heavy atom. The number of nitrogens with zero attached hydrogens (tertiary/aromatic N) is 1. The highest BCUT2D eigenvalue weighted by Gasteiger charge is 2.26. The zero-order chi connectivity index (χ0) is 23.0. The molecule has 164 valence electrons. The lowest BCUT2D eigenvalue weighted by Gasteiger charge is -2.12. The molecule has 0 aliphatic rings. The van der Waals surface area contributed by atoms with Crippen LogP contribution in [-0.4, -0.2) is 24.2 Å². The smallest absolute Gasteiger partial charge is 0.261 e. The predicted octanol–water partition coefficient (Wildman–Crippen LogP) is 5.00. The lowest BCUT2D eigenvalue weighted by molar-refractivity contribution is 0.103. The van der Waals surface area contributed by atoms with E-state index in [1.54, 1.807) is 0 Å². The van der Waals surface area contributed by atoms with E-state index < -0.39 is 45.4 Å². The fourth-order valence-corrected chi connectivity index (χ4v) is 4.43. The van der Waals surface area contributed by atoms with Gasteiger partial charge in [0, 0.05) is 23.3 Å². The second kappa shape index (κ2) is 8.29. The molecule has 2 aromatic carbocycles. The molecule has 0 atom stereocenters. The van der Waals surface area contributed by atoms with Crippen LogP contribution >= 0.6 is 11.6 Å². The number of aromatic amines is 1. The number of fused-ring (bicyclic) bond motifs is 1. The Morgan fingerprint density at radius 2 is 1.94 bits per heavy atom. The standard InChI is InChI=1S/C21H13ClF3N3O3S/c22-12-7-14-15(10-27-21(14)26-9-12)20(29)18-16(24)4-5-17(19(18)25)28-32(30,31)13-3-1-2-11(6-13)8-23/h1-7,9-10,28H,8H2,(H,26,27). The van der Waals surface area contributed by atoms with Crippen molar-refractivity contribution in [3.8, 4) is 0 Å². The van der Waals surface area contributed by atoms with E-state index in [1.807, 2.05) is 4.72 Å². The van der Waals surface area contributed by atoms with E-state index in [9.17, 15) is 22.0 Å². The summed E-state index contributed by atoms with van der Waals surface area (Å²) in [5, 5.41) is 0.458. The minimum atomic E-state index is -4.34. The molecule has 11 heteroatoms. The average molecular weight is 480 g/mol. The number of hydrogen-bond acceptors (Lipinski definition) is 4. The molecule has 2 N–H and O–H groups in total. The average Bonchev–Trinajstić information content (AvgIpc) is 3.18. The monoisotopic (exact) mass is 479 g/mol. The van der Waals surface area contributed by atoms with E-state index in [0.717, 1.165) is 18.2 Å². The number of halogens is 4. The number of carbonyl (C=O) groups is 1.